The number of aromatic amines is 1. The van der Waals surface area contributed by atoms with Gasteiger partial charge < -0.3 is 0 Å². The van der Waals surface area contributed by atoms with Crippen LogP contribution >= 0.6 is 15.9 Å². The summed E-state index contributed by atoms with van der Waals surface area (Å²) in [5.74, 6) is 0.461. The van der Waals surface area contributed by atoms with Gasteiger partial charge in [-0.2, -0.15) is 0 Å². The van der Waals surface area contributed by atoms with Crippen LogP contribution in [0.3, 0.4) is 0 Å². The quantitative estimate of drug-likeness (QED) is 0.919. The smallest absolute Gasteiger partial charge is 0.285 e. The molecule has 0 aliphatic heterocycles. The molecule has 1 saturated carbocycles. The number of nitrogens with one attached hydrogen (secondary N) is 1. The minimum absolute atomic E-state index is 0.170. The molecule has 5 heteroatoms. The summed E-state index contributed by atoms with van der Waals surface area (Å²) in [6.07, 6.45) is 4.55. The van der Waals surface area contributed by atoms with Crippen molar-refractivity contribution in [3.8, 4) is 5.69 Å². The Kier molecular flexibility index (Phi) is 3.31. The number of nitrogens with zero attached hydrogens (tertiary/aromatic N) is 1. The van der Waals surface area contributed by atoms with Gasteiger partial charge in [-0.05, 0) is 52.9 Å². The van der Waals surface area contributed by atoms with Crippen molar-refractivity contribution in [3.63, 3.8) is 0 Å². The second kappa shape index (κ2) is 4.96. The molecule has 0 atom stereocenters. The molecule has 1 heterocycles. The molecule has 0 saturated heterocycles. The van der Waals surface area contributed by atoms with E-state index in [1.807, 2.05) is 0 Å². The van der Waals surface area contributed by atoms with E-state index in [1.54, 1.807) is 12.1 Å². The summed E-state index contributed by atoms with van der Waals surface area (Å²) in [5, 5.41) is 3.07. The highest BCUT2D eigenvalue weighted by atomic mass is 79.9. The van der Waals surface area contributed by atoms with E-state index in [4.69, 9.17) is 0 Å². The van der Waals surface area contributed by atoms with Gasteiger partial charge in [0.1, 0.15) is 10.3 Å². The van der Waals surface area contributed by atoms with Crippen LogP contribution in [-0.2, 0) is 6.42 Å². The van der Waals surface area contributed by atoms with E-state index in [0.29, 0.717) is 10.2 Å². The molecule has 1 aromatic carbocycles. The Morgan fingerprint density at radius 2 is 2.21 bits per heavy atom. The van der Waals surface area contributed by atoms with Crippen LogP contribution in [-0.4, -0.2) is 9.78 Å². The normalized spacial score (nSPS) is 14.8. The minimum Gasteiger partial charge on any atom is -0.294 e. The number of halogens is 2. The summed E-state index contributed by atoms with van der Waals surface area (Å²) in [5.41, 5.74) is 1.24. The topological polar surface area (TPSA) is 37.8 Å². The monoisotopic (exact) mass is 324 g/mol. The van der Waals surface area contributed by atoms with Crippen molar-refractivity contribution in [2.45, 2.75) is 25.7 Å². The molecule has 1 aliphatic carbocycles. The molecular weight excluding hydrogens is 311 g/mol. The van der Waals surface area contributed by atoms with Crippen LogP contribution in [0.5, 0.6) is 0 Å². The first-order chi connectivity index (χ1) is 9.15. The maximum absolute atomic E-state index is 13.2. The highest BCUT2D eigenvalue weighted by molar-refractivity contribution is 9.10. The molecule has 1 aromatic heterocycles. The van der Waals surface area contributed by atoms with Gasteiger partial charge >= 0.3 is 0 Å². The Balaban J connectivity index is 1.93. The number of benzene rings is 1. The molecule has 0 radical (unpaired) electrons. The average Bonchev–Trinajstić information content (AvgIpc) is 3.17. The van der Waals surface area contributed by atoms with Crippen LogP contribution in [0.4, 0.5) is 4.39 Å². The lowest BCUT2D eigenvalue weighted by Gasteiger charge is -2.01. The van der Waals surface area contributed by atoms with Crippen molar-refractivity contribution in [3.05, 3.63) is 50.6 Å². The van der Waals surface area contributed by atoms with Gasteiger partial charge in [-0.1, -0.05) is 18.9 Å². The zero-order valence-corrected chi connectivity index (χ0v) is 11.9. The molecule has 1 fully saturated rings. The van der Waals surface area contributed by atoms with Gasteiger partial charge in [-0.3, -0.25) is 9.89 Å². The number of hydrogen-bond donors (Lipinski definition) is 1. The fraction of sp³-hybridized carbons (Fsp3) is 0.357. The van der Waals surface area contributed by atoms with E-state index in [1.165, 1.54) is 29.7 Å². The standard InChI is InChI=1S/C14H14BrFN2O/c15-13-12(7-6-9-4-5-9)17-18(14(13)19)11-3-1-2-10(16)8-11/h1-3,8-9,17H,4-7H2. The van der Waals surface area contributed by atoms with E-state index in [-0.39, 0.29) is 11.4 Å². The minimum atomic E-state index is -0.352. The third kappa shape index (κ3) is 2.66. The Morgan fingerprint density at radius 1 is 1.42 bits per heavy atom. The number of aromatic nitrogens is 2. The van der Waals surface area contributed by atoms with Crippen molar-refractivity contribution < 1.29 is 4.39 Å². The number of aryl methyl sites for hydroxylation is 1. The van der Waals surface area contributed by atoms with Crippen molar-refractivity contribution >= 4 is 15.9 Å². The highest BCUT2D eigenvalue weighted by Gasteiger charge is 2.22. The number of hydrogen-bond acceptors (Lipinski definition) is 1. The second-order valence-electron chi connectivity index (χ2n) is 5.01. The van der Waals surface area contributed by atoms with Crippen LogP contribution in [0.15, 0.2) is 33.5 Å². The molecule has 100 valence electrons. The van der Waals surface area contributed by atoms with E-state index in [9.17, 15) is 9.18 Å². The Labute approximate surface area is 118 Å². The maximum Gasteiger partial charge on any atom is 0.285 e. The van der Waals surface area contributed by atoms with Gasteiger partial charge in [-0.15, -0.1) is 0 Å². The van der Waals surface area contributed by atoms with Crippen molar-refractivity contribution in [2.24, 2.45) is 5.92 Å². The summed E-state index contributed by atoms with van der Waals surface area (Å²) in [4.78, 5) is 12.1. The third-order valence-electron chi connectivity index (χ3n) is 3.47. The molecule has 1 N–H and O–H groups in total. The molecule has 1 aliphatic rings. The molecule has 0 bridgehead atoms. The Morgan fingerprint density at radius 3 is 2.89 bits per heavy atom. The van der Waals surface area contributed by atoms with Crippen LogP contribution in [0.2, 0.25) is 0 Å². The van der Waals surface area contributed by atoms with Crippen molar-refractivity contribution in [1.29, 1.82) is 0 Å². The fourth-order valence-electron chi connectivity index (χ4n) is 2.18. The largest absolute Gasteiger partial charge is 0.294 e. The first-order valence-corrected chi connectivity index (χ1v) is 7.20. The summed E-state index contributed by atoms with van der Waals surface area (Å²) in [7, 11) is 0. The fourth-order valence-corrected chi connectivity index (χ4v) is 2.64. The maximum atomic E-state index is 13.2. The summed E-state index contributed by atoms with van der Waals surface area (Å²) in [6.45, 7) is 0. The Hall–Kier alpha value is -1.36. The average molecular weight is 325 g/mol. The van der Waals surface area contributed by atoms with Gasteiger partial charge in [0, 0.05) is 0 Å². The Bertz CT molecular complexity index is 658. The van der Waals surface area contributed by atoms with Crippen LogP contribution in [0.25, 0.3) is 5.69 Å². The molecule has 2 aromatic rings. The summed E-state index contributed by atoms with van der Waals surface area (Å²) in [6, 6.07) is 6.00. The molecule has 3 nitrogen and oxygen atoms in total. The van der Waals surface area contributed by atoms with E-state index >= 15 is 0 Å². The lowest BCUT2D eigenvalue weighted by molar-refractivity contribution is 0.624. The highest BCUT2D eigenvalue weighted by Crippen LogP contribution is 2.33. The SMILES string of the molecule is O=c1c(Br)c(CCC2CC2)[nH]n1-c1cccc(F)c1. The van der Waals surface area contributed by atoms with Gasteiger partial charge in [0.25, 0.3) is 5.56 Å². The summed E-state index contributed by atoms with van der Waals surface area (Å²) >= 11 is 3.33. The zero-order valence-electron chi connectivity index (χ0n) is 10.3. The number of rotatable bonds is 4. The predicted octanol–water partition coefficient (Wildman–Crippen LogP) is 3.41. The van der Waals surface area contributed by atoms with Crippen LogP contribution in [0.1, 0.15) is 25.0 Å². The number of H-pyrrole nitrogens is 1. The van der Waals surface area contributed by atoms with Gasteiger partial charge in [0.15, 0.2) is 0 Å². The lowest BCUT2D eigenvalue weighted by atomic mass is 10.2. The second-order valence-corrected chi connectivity index (χ2v) is 5.80. The van der Waals surface area contributed by atoms with Crippen molar-refractivity contribution in [1.82, 2.24) is 9.78 Å². The van der Waals surface area contributed by atoms with Crippen LogP contribution < -0.4 is 5.56 Å². The van der Waals surface area contributed by atoms with E-state index in [2.05, 4.69) is 21.0 Å². The van der Waals surface area contributed by atoms with Crippen molar-refractivity contribution in [2.75, 3.05) is 0 Å². The van der Waals surface area contributed by atoms with Gasteiger partial charge in [0.05, 0.1) is 11.4 Å². The molecule has 19 heavy (non-hydrogen) atoms. The molecule has 0 unspecified atom stereocenters. The molecule has 0 spiro atoms. The van der Waals surface area contributed by atoms with E-state index < -0.39 is 0 Å². The third-order valence-corrected chi connectivity index (χ3v) is 4.29. The molecule has 3 rings (SSSR count). The first-order valence-electron chi connectivity index (χ1n) is 6.40. The molecule has 0 amide bonds. The van der Waals surface area contributed by atoms with Gasteiger partial charge in [0.2, 0.25) is 0 Å². The summed E-state index contributed by atoms with van der Waals surface area (Å²) < 4.78 is 15.2. The zero-order chi connectivity index (χ0) is 13.4. The van der Waals surface area contributed by atoms with Gasteiger partial charge in [-0.25, -0.2) is 9.07 Å². The van der Waals surface area contributed by atoms with Crippen LogP contribution in [0, 0.1) is 11.7 Å². The first kappa shape index (κ1) is 12.7. The lowest BCUT2D eigenvalue weighted by Crippen LogP contribution is -2.14. The predicted molar refractivity (Wildman–Crippen MR) is 75.1 cm³/mol. The molecular formula is C14H14BrFN2O. The van der Waals surface area contributed by atoms with E-state index in [0.717, 1.165) is 24.5 Å².